The van der Waals surface area contributed by atoms with Gasteiger partial charge in [-0.05, 0) is 260 Å². The topological polar surface area (TPSA) is 89.5 Å². The van der Waals surface area contributed by atoms with Crippen LogP contribution in [0.5, 0.6) is 23.0 Å². The number of hydrogen-bond donors (Lipinski definition) is 4. The SMILES string of the molecule is CN1CC[C@]23CCCCC2[C@H]1Cc1ccc(O)cc13.COc1ccc2c(c1)[C@@]13CCCCC1[C@@H](C2)N(C)CC3.COc1ccc2c(c1)[C@@]13CCCCC1[C@@H](C2)NCC3.Oc1ccc2c(c1)[C@@]13CCCCC1[C@@H](C2)NCC3. The molecule has 408 valence electrons. The molecule has 16 rings (SSSR count). The zero-order valence-electron chi connectivity index (χ0n) is 47.0. The van der Waals surface area contributed by atoms with E-state index < -0.39 is 0 Å². The molecule has 4 saturated heterocycles. The zero-order chi connectivity index (χ0) is 51.8. The molecule has 8 nitrogen and oxygen atoms in total. The third kappa shape index (κ3) is 8.48. The number of hydrogen-bond acceptors (Lipinski definition) is 8. The molecule has 4 unspecified atom stereocenters. The Balaban J connectivity index is 0.0000000971. The average Bonchev–Trinajstić information content (AvgIpc) is 3.47. The number of phenols is 2. The minimum absolute atomic E-state index is 0.375. The van der Waals surface area contributed by atoms with Gasteiger partial charge in [-0.2, -0.15) is 0 Å². The first-order chi connectivity index (χ1) is 37.1. The van der Waals surface area contributed by atoms with Gasteiger partial charge in [0.15, 0.2) is 0 Å². The highest BCUT2D eigenvalue weighted by Crippen LogP contribution is 2.59. The predicted octanol–water partition coefficient (Wildman–Crippen LogP) is 12.2. The molecule has 8 heteroatoms. The van der Waals surface area contributed by atoms with E-state index in [1.807, 2.05) is 12.1 Å². The van der Waals surface area contributed by atoms with E-state index >= 15 is 0 Å². The highest BCUT2D eigenvalue weighted by atomic mass is 16.5. The standard InChI is InChI=1S/C18H25NO.2C17H23NO.C16H21NO/c1-19-10-9-18-8-4-3-5-15(18)17(19)11-13-6-7-14(20-2)12-16(13)18;1-19-13-6-5-12-10-16-14-4-2-3-7-17(14,8-9-18-16)15(12)11-13;1-18-9-8-17-7-3-2-4-14(17)16(18)10-12-5-6-13(19)11-15(12)17;18-12-5-4-11-9-15-13-3-1-2-6-16(13,7-8-17-15)14(11)10-12/h6-7,12,15,17H,3-5,8-11H2,1-2H3;5-6,11,14,16,18H,2-4,7-10H2,1H3;5-6,11,14,16,19H,2-4,7-10H2,1H3;4-5,10,13,15,17-18H,1-3,6-9H2/t15?,17-,18-;2*14?,16-,17-;13?,15-,16-/m1111/s1. The van der Waals surface area contributed by atoms with Crippen LogP contribution in [0.15, 0.2) is 72.8 Å². The first-order valence-corrected chi connectivity index (χ1v) is 30.9. The van der Waals surface area contributed by atoms with Crippen LogP contribution in [0, 0.1) is 23.7 Å². The van der Waals surface area contributed by atoms with Crippen LogP contribution in [0.2, 0.25) is 0 Å². The van der Waals surface area contributed by atoms with Crippen LogP contribution in [0.4, 0.5) is 0 Å². The van der Waals surface area contributed by atoms with Gasteiger partial charge in [-0.1, -0.05) is 75.6 Å². The number of likely N-dealkylation sites (tertiary alicyclic amines) is 2. The molecular weight excluding hydrogens is 937 g/mol. The van der Waals surface area contributed by atoms with Crippen LogP contribution in [-0.4, -0.2) is 98.7 Å². The number of nitrogens with zero attached hydrogens (tertiary/aromatic N) is 2. The van der Waals surface area contributed by atoms with Crippen LogP contribution >= 0.6 is 0 Å². The zero-order valence-corrected chi connectivity index (χ0v) is 47.0. The number of nitrogens with one attached hydrogen (secondary N) is 2. The number of benzene rings is 4. The minimum Gasteiger partial charge on any atom is -0.508 e. The van der Waals surface area contributed by atoms with Crippen molar-refractivity contribution in [2.45, 2.75) is 200 Å². The second-order valence-corrected chi connectivity index (χ2v) is 26.8. The number of ether oxygens (including phenoxy) is 2. The number of phenolic OH excluding ortho intramolecular Hbond substituents is 2. The van der Waals surface area contributed by atoms with Crippen molar-refractivity contribution in [2.75, 3.05) is 54.5 Å². The Morgan fingerprint density at radius 2 is 0.776 bits per heavy atom. The number of piperidine rings is 4. The lowest BCUT2D eigenvalue weighted by molar-refractivity contribution is 0.00272. The Morgan fingerprint density at radius 3 is 1.18 bits per heavy atom. The van der Waals surface area contributed by atoms with Gasteiger partial charge in [0, 0.05) is 45.8 Å². The number of rotatable bonds is 2. The van der Waals surface area contributed by atoms with E-state index in [2.05, 4.69) is 95.2 Å². The fourth-order valence-electron chi connectivity index (χ4n) is 20.4. The van der Waals surface area contributed by atoms with E-state index in [-0.39, 0.29) is 0 Å². The van der Waals surface area contributed by atoms with Crippen molar-refractivity contribution in [3.05, 3.63) is 117 Å². The molecule has 4 aliphatic heterocycles. The normalized spacial score (nSPS) is 36.9. The van der Waals surface area contributed by atoms with E-state index in [1.165, 1.54) is 190 Å². The number of fused-ring (bicyclic) bond motifs is 4. The lowest BCUT2D eigenvalue weighted by Gasteiger charge is -2.58. The number of likely N-dealkylation sites (N-methyl/N-ethyl adjacent to an activating group) is 2. The van der Waals surface area contributed by atoms with Crippen molar-refractivity contribution < 1.29 is 19.7 Å². The maximum Gasteiger partial charge on any atom is 0.119 e. The molecular formula is C68H92N4O4. The van der Waals surface area contributed by atoms with Crippen LogP contribution in [0.25, 0.3) is 0 Å². The molecule has 0 aromatic heterocycles. The maximum atomic E-state index is 9.91. The van der Waals surface area contributed by atoms with Crippen LogP contribution in [0.3, 0.4) is 0 Å². The Hall–Kier alpha value is -4.08. The Kier molecular flexibility index (Phi) is 13.9. The first kappa shape index (κ1) is 51.4. The van der Waals surface area contributed by atoms with E-state index in [0.29, 0.717) is 39.2 Å². The van der Waals surface area contributed by atoms with Crippen molar-refractivity contribution in [3.63, 3.8) is 0 Å². The van der Waals surface area contributed by atoms with Gasteiger partial charge >= 0.3 is 0 Å². The molecule has 8 aliphatic carbocycles. The van der Waals surface area contributed by atoms with E-state index in [1.54, 1.807) is 36.5 Å². The fourth-order valence-corrected chi connectivity index (χ4v) is 20.4. The third-order valence-corrected chi connectivity index (χ3v) is 23.9. The van der Waals surface area contributed by atoms with E-state index in [9.17, 15) is 10.2 Å². The summed E-state index contributed by atoms with van der Waals surface area (Å²) >= 11 is 0. The monoisotopic (exact) mass is 1030 g/mol. The molecule has 76 heavy (non-hydrogen) atoms. The van der Waals surface area contributed by atoms with Gasteiger partial charge in [-0.15, -0.1) is 0 Å². The summed E-state index contributed by atoms with van der Waals surface area (Å²) in [4.78, 5) is 5.21. The fraction of sp³-hybridized carbons (Fsp3) is 0.647. The van der Waals surface area contributed by atoms with Gasteiger partial charge in [0.05, 0.1) is 14.2 Å². The van der Waals surface area contributed by atoms with Crippen LogP contribution in [0.1, 0.15) is 173 Å². The molecule has 0 amide bonds. The van der Waals surface area contributed by atoms with Crippen molar-refractivity contribution in [1.82, 2.24) is 20.4 Å². The summed E-state index contributed by atoms with van der Waals surface area (Å²) in [6.45, 7) is 4.82. The van der Waals surface area contributed by atoms with Crippen molar-refractivity contribution in [3.8, 4) is 23.0 Å². The summed E-state index contributed by atoms with van der Waals surface area (Å²) in [7, 11) is 8.20. The predicted molar refractivity (Wildman–Crippen MR) is 306 cm³/mol. The molecule has 0 spiro atoms. The maximum absolute atomic E-state index is 9.91. The average molecular weight is 1030 g/mol. The molecule has 12 atom stereocenters. The summed E-state index contributed by atoms with van der Waals surface area (Å²) in [6.07, 6.45) is 32.1. The van der Waals surface area contributed by atoms with E-state index in [0.717, 1.165) is 66.3 Å². The minimum atomic E-state index is 0.375. The highest BCUT2D eigenvalue weighted by molar-refractivity contribution is 5.49. The summed E-state index contributed by atoms with van der Waals surface area (Å²) < 4.78 is 11.0. The van der Waals surface area contributed by atoms with Gasteiger partial charge in [-0.25, -0.2) is 0 Å². The van der Waals surface area contributed by atoms with Gasteiger partial charge in [-0.3, -0.25) is 0 Å². The second-order valence-electron chi connectivity index (χ2n) is 26.8. The smallest absolute Gasteiger partial charge is 0.119 e. The molecule has 4 aromatic carbocycles. The Bertz CT molecular complexity index is 2750. The third-order valence-electron chi connectivity index (χ3n) is 23.9. The molecule has 8 bridgehead atoms. The summed E-state index contributed by atoms with van der Waals surface area (Å²) in [6, 6.07) is 28.7. The van der Waals surface area contributed by atoms with E-state index in [4.69, 9.17) is 9.47 Å². The van der Waals surface area contributed by atoms with Crippen LogP contribution < -0.4 is 20.1 Å². The molecule has 4 heterocycles. The molecule has 4 saturated carbocycles. The Labute approximate surface area is 456 Å². The highest BCUT2D eigenvalue weighted by Gasteiger charge is 2.56. The van der Waals surface area contributed by atoms with Crippen molar-refractivity contribution in [2.24, 2.45) is 23.7 Å². The summed E-state index contributed by atoms with van der Waals surface area (Å²) in [5, 5.41) is 27.3. The second kappa shape index (κ2) is 20.5. The summed E-state index contributed by atoms with van der Waals surface area (Å²) in [5.41, 5.74) is 14.0. The van der Waals surface area contributed by atoms with Crippen LogP contribution in [-0.2, 0) is 47.3 Å². The Morgan fingerprint density at radius 1 is 0.421 bits per heavy atom. The molecule has 4 N–H and O–H groups in total. The number of methoxy groups -OCH3 is 2. The largest absolute Gasteiger partial charge is 0.508 e. The lowest BCUT2D eigenvalue weighted by Crippen LogP contribution is -2.59. The molecule has 8 fully saturated rings. The van der Waals surface area contributed by atoms with Gasteiger partial charge in [0.2, 0.25) is 0 Å². The van der Waals surface area contributed by atoms with Crippen molar-refractivity contribution >= 4 is 0 Å². The van der Waals surface area contributed by atoms with Gasteiger partial charge in [0.25, 0.3) is 0 Å². The molecule has 12 aliphatic rings. The van der Waals surface area contributed by atoms with Gasteiger partial charge in [0.1, 0.15) is 23.0 Å². The first-order valence-electron chi connectivity index (χ1n) is 30.9. The molecule has 4 aromatic rings. The van der Waals surface area contributed by atoms with Gasteiger partial charge < -0.3 is 40.1 Å². The molecule has 0 radical (unpaired) electrons. The quantitative estimate of drug-likeness (QED) is 0.158. The summed E-state index contributed by atoms with van der Waals surface area (Å²) in [5.74, 6) is 6.32. The lowest BCUT2D eigenvalue weighted by atomic mass is 9.52. The van der Waals surface area contributed by atoms with Crippen molar-refractivity contribution in [1.29, 1.82) is 0 Å². The number of aromatic hydroxyl groups is 2.